The Kier molecular flexibility index (Phi) is 10.1. The SMILES string of the molecule is CCCC[C@@H](CC)C(=O)N(Cc1nc(C(=O)NCC(C)C)co1)CC(C)C. The molecule has 0 saturated heterocycles. The van der Waals surface area contributed by atoms with Crippen molar-refractivity contribution in [3.8, 4) is 0 Å². The molecule has 0 spiro atoms. The van der Waals surface area contributed by atoms with Gasteiger partial charge >= 0.3 is 0 Å². The first-order chi connectivity index (χ1) is 12.8. The molecule has 6 heteroatoms. The first-order valence-electron chi connectivity index (χ1n) is 10.3. The van der Waals surface area contributed by atoms with E-state index in [4.69, 9.17) is 4.42 Å². The summed E-state index contributed by atoms with van der Waals surface area (Å²) >= 11 is 0. The Balaban J connectivity index is 2.82. The minimum Gasteiger partial charge on any atom is -0.446 e. The summed E-state index contributed by atoms with van der Waals surface area (Å²) in [5.41, 5.74) is 0.264. The zero-order valence-electron chi connectivity index (χ0n) is 17.9. The number of rotatable bonds is 12. The first kappa shape index (κ1) is 23.2. The summed E-state index contributed by atoms with van der Waals surface area (Å²) in [5, 5.41) is 2.83. The first-order valence-corrected chi connectivity index (χ1v) is 10.3. The van der Waals surface area contributed by atoms with Gasteiger partial charge in [0.2, 0.25) is 11.8 Å². The van der Waals surface area contributed by atoms with Gasteiger partial charge in [-0.05, 0) is 24.7 Å². The number of aromatic nitrogens is 1. The molecular weight excluding hydrogens is 342 g/mol. The quantitative estimate of drug-likeness (QED) is 0.589. The van der Waals surface area contributed by atoms with Crippen molar-refractivity contribution in [1.29, 1.82) is 0 Å². The summed E-state index contributed by atoms with van der Waals surface area (Å²) in [5.74, 6) is 1.07. The fourth-order valence-electron chi connectivity index (χ4n) is 2.92. The zero-order valence-corrected chi connectivity index (χ0v) is 17.9. The van der Waals surface area contributed by atoms with Crippen molar-refractivity contribution in [3.63, 3.8) is 0 Å². The number of unbranched alkanes of at least 4 members (excludes halogenated alkanes) is 1. The van der Waals surface area contributed by atoms with E-state index in [0.717, 1.165) is 25.7 Å². The Labute approximate surface area is 164 Å². The van der Waals surface area contributed by atoms with Crippen molar-refractivity contribution in [2.75, 3.05) is 13.1 Å². The molecule has 6 nitrogen and oxygen atoms in total. The zero-order chi connectivity index (χ0) is 20.4. The van der Waals surface area contributed by atoms with Gasteiger partial charge in [0.05, 0.1) is 6.54 Å². The molecule has 0 aliphatic heterocycles. The molecule has 0 unspecified atom stereocenters. The molecule has 0 radical (unpaired) electrons. The van der Waals surface area contributed by atoms with Crippen LogP contribution in [0.3, 0.4) is 0 Å². The number of carbonyl (C=O) groups excluding carboxylic acids is 2. The van der Waals surface area contributed by atoms with Gasteiger partial charge in [-0.15, -0.1) is 0 Å². The fraction of sp³-hybridized carbons (Fsp3) is 0.762. The maximum atomic E-state index is 13.0. The van der Waals surface area contributed by atoms with E-state index in [-0.39, 0.29) is 23.4 Å². The number of hydrogen-bond donors (Lipinski definition) is 1. The van der Waals surface area contributed by atoms with Crippen LogP contribution in [0.15, 0.2) is 10.7 Å². The highest BCUT2D eigenvalue weighted by Crippen LogP contribution is 2.19. The second kappa shape index (κ2) is 11.8. The van der Waals surface area contributed by atoms with Crippen molar-refractivity contribution >= 4 is 11.8 Å². The van der Waals surface area contributed by atoms with Crippen LogP contribution in [0.2, 0.25) is 0 Å². The molecule has 0 bridgehead atoms. The lowest BCUT2D eigenvalue weighted by Crippen LogP contribution is -2.38. The minimum absolute atomic E-state index is 0.0347. The van der Waals surface area contributed by atoms with Crippen LogP contribution in [0.4, 0.5) is 0 Å². The lowest BCUT2D eigenvalue weighted by molar-refractivity contribution is -0.137. The largest absolute Gasteiger partial charge is 0.446 e. The lowest BCUT2D eigenvalue weighted by atomic mass is 9.97. The van der Waals surface area contributed by atoms with E-state index in [2.05, 4.69) is 38.0 Å². The predicted molar refractivity (Wildman–Crippen MR) is 107 cm³/mol. The van der Waals surface area contributed by atoms with E-state index < -0.39 is 0 Å². The van der Waals surface area contributed by atoms with Gasteiger partial charge in [0, 0.05) is 19.0 Å². The monoisotopic (exact) mass is 379 g/mol. The summed E-state index contributed by atoms with van der Waals surface area (Å²) in [6, 6.07) is 0. The van der Waals surface area contributed by atoms with Gasteiger partial charge in [0.25, 0.3) is 5.91 Å². The van der Waals surface area contributed by atoms with Crippen LogP contribution in [0.5, 0.6) is 0 Å². The number of hydrogen-bond acceptors (Lipinski definition) is 4. The van der Waals surface area contributed by atoms with Crippen molar-refractivity contribution in [1.82, 2.24) is 15.2 Å². The van der Waals surface area contributed by atoms with Crippen LogP contribution < -0.4 is 5.32 Å². The molecule has 0 aromatic carbocycles. The minimum atomic E-state index is -0.241. The Morgan fingerprint density at radius 1 is 1.19 bits per heavy atom. The van der Waals surface area contributed by atoms with Gasteiger partial charge in [-0.25, -0.2) is 4.98 Å². The molecule has 1 atom stereocenters. The molecule has 0 fully saturated rings. The molecule has 154 valence electrons. The highest BCUT2D eigenvalue weighted by Gasteiger charge is 2.25. The number of carbonyl (C=O) groups is 2. The van der Waals surface area contributed by atoms with Gasteiger partial charge in [0.1, 0.15) is 6.26 Å². The lowest BCUT2D eigenvalue weighted by Gasteiger charge is -2.27. The van der Waals surface area contributed by atoms with Gasteiger partial charge in [-0.2, -0.15) is 0 Å². The fourth-order valence-corrected chi connectivity index (χ4v) is 2.92. The third-order valence-corrected chi connectivity index (χ3v) is 4.43. The molecule has 1 N–H and O–H groups in total. The Morgan fingerprint density at radius 3 is 2.44 bits per heavy atom. The molecule has 1 rings (SSSR count). The van der Waals surface area contributed by atoms with Crippen LogP contribution in [0.25, 0.3) is 0 Å². The van der Waals surface area contributed by atoms with E-state index >= 15 is 0 Å². The second-order valence-electron chi connectivity index (χ2n) is 8.09. The van der Waals surface area contributed by atoms with E-state index in [1.165, 1.54) is 6.26 Å². The summed E-state index contributed by atoms with van der Waals surface area (Å²) in [4.78, 5) is 31.3. The van der Waals surface area contributed by atoms with Crippen LogP contribution in [0, 0.1) is 17.8 Å². The van der Waals surface area contributed by atoms with Crippen molar-refractivity contribution in [2.45, 2.75) is 73.8 Å². The number of nitrogens with one attached hydrogen (secondary N) is 1. The molecule has 1 aromatic rings. The topological polar surface area (TPSA) is 75.4 Å². The van der Waals surface area contributed by atoms with Gasteiger partial charge < -0.3 is 14.6 Å². The Morgan fingerprint density at radius 2 is 1.89 bits per heavy atom. The summed E-state index contributed by atoms with van der Waals surface area (Å²) in [7, 11) is 0. The molecular formula is C21H37N3O3. The van der Waals surface area contributed by atoms with E-state index in [1.807, 2.05) is 18.7 Å². The van der Waals surface area contributed by atoms with Gasteiger partial charge in [-0.3, -0.25) is 9.59 Å². The van der Waals surface area contributed by atoms with E-state index in [9.17, 15) is 9.59 Å². The smallest absolute Gasteiger partial charge is 0.273 e. The molecule has 0 saturated carbocycles. The number of oxazole rings is 1. The molecule has 2 amide bonds. The predicted octanol–water partition coefficient (Wildman–Crippen LogP) is 4.26. The average molecular weight is 380 g/mol. The maximum absolute atomic E-state index is 13.0. The van der Waals surface area contributed by atoms with Crippen molar-refractivity contribution < 1.29 is 14.0 Å². The van der Waals surface area contributed by atoms with Crippen LogP contribution >= 0.6 is 0 Å². The van der Waals surface area contributed by atoms with E-state index in [0.29, 0.717) is 37.4 Å². The third-order valence-electron chi connectivity index (χ3n) is 4.43. The van der Waals surface area contributed by atoms with Crippen molar-refractivity contribution in [2.24, 2.45) is 17.8 Å². The van der Waals surface area contributed by atoms with Gasteiger partial charge in [0.15, 0.2) is 5.69 Å². The van der Waals surface area contributed by atoms with Gasteiger partial charge in [-0.1, -0.05) is 54.4 Å². The summed E-state index contributed by atoms with van der Waals surface area (Å²) < 4.78 is 5.48. The Bertz CT molecular complexity index is 581. The van der Waals surface area contributed by atoms with E-state index in [1.54, 1.807) is 0 Å². The maximum Gasteiger partial charge on any atom is 0.273 e. The van der Waals surface area contributed by atoms with Crippen molar-refractivity contribution in [3.05, 3.63) is 17.8 Å². The molecule has 1 aromatic heterocycles. The molecule has 0 aliphatic carbocycles. The molecule has 0 aliphatic rings. The van der Waals surface area contributed by atoms with Crippen LogP contribution in [-0.2, 0) is 11.3 Å². The summed E-state index contributed by atoms with van der Waals surface area (Å²) in [6.07, 6.45) is 5.26. The Hall–Kier alpha value is -1.85. The number of nitrogens with zero attached hydrogens (tertiary/aromatic N) is 2. The highest BCUT2D eigenvalue weighted by atomic mass is 16.3. The highest BCUT2D eigenvalue weighted by molar-refractivity contribution is 5.91. The standard InChI is InChI=1S/C21H37N3O3/c1-7-9-10-17(8-2)21(26)24(12-16(5)6)13-19-23-18(14-27-19)20(25)22-11-15(3)4/h14-17H,7-13H2,1-6H3,(H,22,25)/t17-/m1/s1. The summed E-state index contributed by atoms with van der Waals surface area (Å²) in [6.45, 7) is 14.0. The van der Waals surface area contributed by atoms with Crippen LogP contribution in [0.1, 0.15) is 83.6 Å². The molecule has 27 heavy (non-hydrogen) atoms. The average Bonchev–Trinajstić information content (AvgIpc) is 3.07. The second-order valence-corrected chi connectivity index (χ2v) is 8.09. The normalized spacial score (nSPS) is 12.4. The third kappa shape index (κ3) is 8.14. The number of amides is 2. The van der Waals surface area contributed by atoms with Crippen LogP contribution in [-0.4, -0.2) is 34.8 Å². The molecule has 1 heterocycles.